The predicted molar refractivity (Wildman–Crippen MR) is 130 cm³/mol. The van der Waals surface area contributed by atoms with Gasteiger partial charge in [-0.25, -0.2) is 4.39 Å². The Balaban J connectivity index is 1.76. The van der Waals surface area contributed by atoms with Crippen molar-refractivity contribution in [2.45, 2.75) is 6.04 Å². The zero-order valence-corrected chi connectivity index (χ0v) is 20.1. The van der Waals surface area contributed by atoms with Crippen LogP contribution < -0.4 is 28.6 Å². The summed E-state index contributed by atoms with van der Waals surface area (Å²) in [5, 5.41) is 11.4. The summed E-state index contributed by atoms with van der Waals surface area (Å²) >= 11 is 0. The third kappa shape index (κ3) is 3.96. The molecule has 1 atom stereocenters. The first kappa shape index (κ1) is 24.0. The number of rotatable bonds is 6. The van der Waals surface area contributed by atoms with Crippen molar-refractivity contribution >= 4 is 23.1 Å². The molecule has 10 heteroatoms. The van der Waals surface area contributed by atoms with E-state index < -0.39 is 29.3 Å². The van der Waals surface area contributed by atoms with Crippen LogP contribution in [0.2, 0.25) is 0 Å². The van der Waals surface area contributed by atoms with Gasteiger partial charge in [-0.2, -0.15) is 0 Å². The molecule has 3 aromatic carbocycles. The number of methoxy groups -OCH3 is 3. The van der Waals surface area contributed by atoms with E-state index in [4.69, 9.17) is 23.7 Å². The number of anilines is 1. The average molecular weight is 507 g/mol. The number of hydrogen-bond acceptors (Lipinski definition) is 8. The second kappa shape index (κ2) is 9.38. The zero-order chi connectivity index (χ0) is 26.3. The van der Waals surface area contributed by atoms with Crippen LogP contribution in [0.25, 0.3) is 5.76 Å². The maximum absolute atomic E-state index is 14.2. The molecule has 2 heterocycles. The molecule has 37 heavy (non-hydrogen) atoms. The van der Waals surface area contributed by atoms with Crippen LogP contribution in [0.3, 0.4) is 0 Å². The molecule has 190 valence electrons. The summed E-state index contributed by atoms with van der Waals surface area (Å²) in [6.45, 7) is 0.0239. The lowest BCUT2D eigenvalue weighted by Crippen LogP contribution is -2.29. The van der Waals surface area contributed by atoms with E-state index in [1.54, 1.807) is 36.4 Å². The van der Waals surface area contributed by atoms with E-state index in [-0.39, 0.29) is 23.7 Å². The number of amides is 1. The highest BCUT2D eigenvalue weighted by Crippen LogP contribution is 2.46. The Hall–Kier alpha value is -4.73. The molecular weight excluding hydrogens is 485 g/mol. The Kier molecular flexibility index (Phi) is 6.08. The van der Waals surface area contributed by atoms with Crippen molar-refractivity contribution in [2.24, 2.45) is 0 Å². The van der Waals surface area contributed by atoms with Crippen LogP contribution in [-0.4, -0.2) is 44.9 Å². The number of fused-ring (bicyclic) bond motifs is 1. The van der Waals surface area contributed by atoms with E-state index in [9.17, 15) is 19.1 Å². The van der Waals surface area contributed by atoms with Crippen LogP contribution >= 0.6 is 0 Å². The van der Waals surface area contributed by atoms with Crippen LogP contribution in [0.1, 0.15) is 17.2 Å². The average Bonchev–Trinajstić information content (AvgIpc) is 3.49. The maximum atomic E-state index is 14.2. The molecule has 0 saturated carbocycles. The van der Waals surface area contributed by atoms with Gasteiger partial charge in [-0.3, -0.25) is 14.5 Å². The summed E-state index contributed by atoms with van der Waals surface area (Å²) in [6, 6.07) is 12.1. The number of carbonyl (C=O) groups is 2. The molecule has 0 radical (unpaired) electrons. The predicted octanol–water partition coefficient (Wildman–Crippen LogP) is 4.21. The minimum atomic E-state index is -1.10. The summed E-state index contributed by atoms with van der Waals surface area (Å²) < 4.78 is 41.0. The van der Waals surface area contributed by atoms with Gasteiger partial charge in [0.25, 0.3) is 11.7 Å². The fourth-order valence-electron chi connectivity index (χ4n) is 4.48. The molecule has 0 bridgehead atoms. The summed E-state index contributed by atoms with van der Waals surface area (Å²) in [5.41, 5.74) is 0.443. The standard InChI is InChI=1S/C27H22FNO8/c1-33-18-8-5-15(28)11-17(18)25(30)23-24(14-4-7-19(34-2)21(10-14)35-3)29(27(32)26(23)31)16-6-9-20-22(12-16)37-13-36-20/h4-12,24,30H,13H2,1-3H3/b25-23+. The third-order valence-electron chi connectivity index (χ3n) is 6.22. The largest absolute Gasteiger partial charge is 0.507 e. The SMILES string of the molecule is COc1ccc(C2/C(=C(\O)c3cc(F)ccc3OC)C(=O)C(=O)N2c2ccc3c(c2)OCO3)cc1OC. The number of halogens is 1. The van der Waals surface area contributed by atoms with Crippen LogP contribution in [0.5, 0.6) is 28.7 Å². The number of ketones is 1. The molecule has 2 aliphatic rings. The minimum absolute atomic E-state index is 0.0239. The van der Waals surface area contributed by atoms with Gasteiger partial charge in [0, 0.05) is 11.8 Å². The zero-order valence-electron chi connectivity index (χ0n) is 20.1. The molecule has 3 aromatic rings. The monoisotopic (exact) mass is 507 g/mol. The lowest BCUT2D eigenvalue weighted by molar-refractivity contribution is -0.132. The number of Topliss-reactive ketones (excluding diaryl/α,β-unsaturated/α-hetero) is 1. The third-order valence-corrected chi connectivity index (χ3v) is 6.22. The van der Waals surface area contributed by atoms with Gasteiger partial charge >= 0.3 is 0 Å². The highest BCUT2D eigenvalue weighted by atomic mass is 19.1. The van der Waals surface area contributed by atoms with E-state index >= 15 is 0 Å². The topological polar surface area (TPSA) is 104 Å². The number of hydrogen-bond donors (Lipinski definition) is 1. The molecule has 0 aromatic heterocycles. The molecule has 1 fully saturated rings. The van der Waals surface area contributed by atoms with Gasteiger partial charge in [0.15, 0.2) is 23.0 Å². The summed E-state index contributed by atoms with van der Waals surface area (Å²) in [4.78, 5) is 28.1. The van der Waals surface area contributed by atoms with Crippen molar-refractivity contribution in [3.8, 4) is 28.7 Å². The van der Waals surface area contributed by atoms with Crippen molar-refractivity contribution in [2.75, 3.05) is 33.0 Å². The molecule has 1 amide bonds. The first-order valence-electron chi connectivity index (χ1n) is 11.1. The van der Waals surface area contributed by atoms with Crippen molar-refractivity contribution in [3.05, 3.63) is 77.1 Å². The molecule has 9 nitrogen and oxygen atoms in total. The molecule has 1 saturated heterocycles. The molecule has 0 spiro atoms. The Morgan fingerprint density at radius 3 is 2.32 bits per heavy atom. The van der Waals surface area contributed by atoms with Gasteiger partial charge < -0.3 is 28.8 Å². The Morgan fingerprint density at radius 1 is 0.892 bits per heavy atom. The fourth-order valence-corrected chi connectivity index (χ4v) is 4.48. The number of carbonyl (C=O) groups excluding carboxylic acids is 2. The molecule has 1 N–H and O–H groups in total. The first-order chi connectivity index (χ1) is 17.9. The van der Waals surface area contributed by atoms with Gasteiger partial charge in [-0.05, 0) is 48.0 Å². The van der Waals surface area contributed by atoms with Crippen molar-refractivity contribution in [3.63, 3.8) is 0 Å². The Morgan fingerprint density at radius 2 is 1.59 bits per heavy atom. The second-order valence-corrected chi connectivity index (χ2v) is 8.17. The van der Waals surface area contributed by atoms with Gasteiger partial charge in [0.1, 0.15) is 17.3 Å². The molecular formula is C27H22FNO8. The van der Waals surface area contributed by atoms with Gasteiger partial charge in [-0.15, -0.1) is 0 Å². The van der Waals surface area contributed by atoms with Crippen molar-refractivity contribution in [1.82, 2.24) is 0 Å². The summed E-state index contributed by atoms with van der Waals surface area (Å²) in [7, 11) is 4.28. The maximum Gasteiger partial charge on any atom is 0.300 e. The van der Waals surface area contributed by atoms with Gasteiger partial charge in [-0.1, -0.05) is 6.07 Å². The lowest BCUT2D eigenvalue weighted by atomic mass is 9.94. The Labute approximate surface area is 211 Å². The van der Waals surface area contributed by atoms with E-state index in [0.29, 0.717) is 34.2 Å². The Bertz CT molecular complexity index is 1450. The normalized spacial score (nSPS) is 17.7. The van der Waals surface area contributed by atoms with Crippen LogP contribution in [-0.2, 0) is 9.59 Å². The van der Waals surface area contributed by atoms with Crippen LogP contribution in [0.15, 0.2) is 60.2 Å². The number of ether oxygens (including phenoxy) is 5. The lowest BCUT2D eigenvalue weighted by Gasteiger charge is -2.26. The second-order valence-electron chi connectivity index (χ2n) is 8.17. The smallest absolute Gasteiger partial charge is 0.300 e. The highest BCUT2D eigenvalue weighted by molar-refractivity contribution is 6.51. The fraction of sp³-hybridized carbons (Fsp3) is 0.185. The number of aliphatic hydroxyl groups excluding tert-OH is 1. The van der Waals surface area contributed by atoms with E-state index in [1.165, 1.54) is 32.3 Å². The molecule has 1 unspecified atom stereocenters. The van der Waals surface area contributed by atoms with Crippen molar-refractivity contribution < 1.29 is 42.8 Å². The summed E-state index contributed by atoms with van der Waals surface area (Å²) in [5.74, 6) is -1.30. The van der Waals surface area contributed by atoms with Crippen LogP contribution in [0.4, 0.5) is 10.1 Å². The number of aliphatic hydroxyl groups is 1. The number of benzene rings is 3. The van der Waals surface area contributed by atoms with Gasteiger partial charge in [0.2, 0.25) is 6.79 Å². The molecule has 5 rings (SSSR count). The highest BCUT2D eigenvalue weighted by Gasteiger charge is 2.47. The number of nitrogens with zero attached hydrogens (tertiary/aromatic N) is 1. The first-order valence-corrected chi connectivity index (χ1v) is 11.1. The molecule has 0 aliphatic carbocycles. The van der Waals surface area contributed by atoms with Crippen LogP contribution in [0, 0.1) is 5.82 Å². The van der Waals surface area contributed by atoms with Gasteiger partial charge in [0.05, 0.1) is 38.5 Å². The quantitative estimate of drug-likeness (QED) is 0.301. The van der Waals surface area contributed by atoms with Crippen molar-refractivity contribution in [1.29, 1.82) is 0 Å². The van der Waals surface area contributed by atoms with E-state index in [2.05, 4.69) is 0 Å². The van der Waals surface area contributed by atoms with E-state index in [1.807, 2.05) is 0 Å². The minimum Gasteiger partial charge on any atom is -0.507 e. The van der Waals surface area contributed by atoms with E-state index in [0.717, 1.165) is 12.1 Å². The summed E-state index contributed by atoms with van der Waals surface area (Å²) in [6.07, 6.45) is 0. The molecule has 2 aliphatic heterocycles.